The number of carboxylic acids is 1. The van der Waals surface area contributed by atoms with Gasteiger partial charge in [-0.15, -0.1) is 0 Å². The van der Waals surface area contributed by atoms with Crippen molar-refractivity contribution < 1.29 is 42.1 Å². The summed E-state index contributed by atoms with van der Waals surface area (Å²) >= 11 is 0. The van der Waals surface area contributed by atoms with Gasteiger partial charge in [0.25, 0.3) is 0 Å². The predicted octanol–water partition coefficient (Wildman–Crippen LogP) is 10.2. The SMILES string of the molecule is CC1(C(=O)O)CCC2(C)CCC3(C)C(=CC(=O)C4C5(C)CCC(O)C(C)(C)C5CCC43C)C2C1.CN1C2CCC1CC(OC(c1ccccc1)c1ccccc1)C2.O=S(=O)(O)O. The summed E-state index contributed by atoms with van der Waals surface area (Å²) in [7, 11) is -2.38. The molecule has 0 radical (unpaired) electrons. The number of hydrogen-bond acceptors (Lipinski definition) is 7. The van der Waals surface area contributed by atoms with Gasteiger partial charge in [0.05, 0.1) is 17.6 Å². The summed E-state index contributed by atoms with van der Waals surface area (Å²) in [5, 5.41) is 20.9. The van der Waals surface area contributed by atoms with Crippen molar-refractivity contribution in [1.82, 2.24) is 4.90 Å². The first kappa shape index (κ1) is 47.0. The largest absolute Gasteiger partial charge is 0.481 e. The topological polar surface area (TPSA) is 162 Å². The number of rotatable bonds is 5. The zero-order valence-corrected chi connectivity index (χ0v) is 39.2. The first-order chi connectivity index (χ1) is 28.9. The molecule has 6 fully saturated rings. The Morgan fingerprint density at radius 2 is 1.31 bits per heavy atom. The second kappa shape index (κ2) is 16.8. The minimum absolute atomic E-state index is 0.0296. The molecule has 2 saturated heterocycles. The smallest absolute Gasteiger partial charge is 0.394 e. The quantitative estimate of drug-likeness (QED) is 0.213. The van der Waals surface area contributed by atoms with Crippen molar-refractivity contribution in [3.63, 3.8) is 0 Å². The number of benzene rings is 2. The molecule has 2 aromatic carbocycles. The average molecular weight is 876 g/mol. The number of carboxylic acid groups (broad SMARTS) is 1. The fraction of sp³-hybridized carbons (Fsp3) is 0.686. The van der Waals surface area contributed by atoms with Crippen LogP contribution in [0.5, 0.6) is 0 Å². The third-order valence-electron chi connectivity index (χ3n) is 18.7. The molecule has 4 N–H and O–H groups in total. The van der Waals surface area contributed by atoms with Gasteiger partial charge < -0.3 is 19.8 Å². The molecular formula is C51H73NO9S. The van der Waals surface area contributed by atoms with E-state index in [0.29, 0.717) is 30.5 Å². The van der Waals surface area contributed by atoms with Gasteiger partial charge in [-0.2, -0.15) is 8.42 Å². The number of fused-ring (bicyclic) bond motifs is 9. The van der Waals surface area contributed by atoms with Gasteiger partial charge in [-0.25, -0.2) is 0 Å². The van der Waals surface area contributed by atoms with Crippen molar-refractivity contribution in [1.29, 1.82) is 0 Å². The van der Waals surface area contributed by atoms with Crippen LogP contribution in [0.3, 0.4) is 0 Å². The number of aliphatic carboxylic acids is 1. The summed E-state index contributed by atoms with van der Waals surface area (Å²) in [6.07, 6.45) is 15.4. The number of allylic oxidation sites excluding steroid dienone is 2. The molecule has 11 atom stereocenters. The average Bonchev–Trinajstić information content (AvgIpc) is 3.39. The van der Waals surface area contributed by atoms with E-state index in [-0.39, 0.29) is 56.9 Å². The van der Waals surface area contributed by atoms with Crippen LogP contribution >= 0.6 is 0 Å². The molecule has 2 aliphatic heterocycles. The molecule has 0 spiro atoms. The summed E-state index contributed by atoms with van der Waals surface area (Å²) in [6, 6.07) is 22.7. The summed E-state index contributed by atoms with van der Waals surface area (Å²) in [6.45, 7) is 15.8. The van der Waals surface area contributed by atoms with Crippen LogP contribution in [0, 0.1) is 50.2 Å². The Hall–Kier alpha value is -2.93. The molecule has 62 heavy (non-hydrogen) atoms. The molecule has 7 aliphatic rings. The molecule has 5 aliphatic carbocycles. The van der Waals surface area contributed by atoms with E-state index in [1.54, 1.807) is 0 Å². The molecule has 342 valence electrons. The molecule has 0 amide bonds. The monoisotopic (exact) mass is 876 g/mol. The Morgan fingerprint density at radius 1 is 0.774 bits per heavy atom. The van der Waals surface area contributed by atoms with E-state index in [1.807, 2.05) is 13.0 Å². The van der Waals surface area contributed by atoms with Crippen molar-refractivity contribution in [3.8, 4) is 0 Å². The molecule has 4 saturated carbocycles. The van der Waals surface area contributed by atoms with Crippen molar-refractivity contribution in [2.24, 2.45) is 50.2 Å². The Morgan fingerprint density at radius 3 is 1.84 bits per heavy atom. The zero-order chi connectivity index (χ0) is 45.3. The fourth-order valence-corrected chi connectivity index (χ4v) is 14.6. The Kier molecular flexibility index (Phi) is 12.8. The number of nitrogens with zero attached hydrogens (tertiary/aromatic N) is 1. The number of piperidine rings is 1. The van der Waals surface area contributed by atoms with Crippen LogP contribution in [-0.2, 0) is 24.7 Å². The number of hydrogen-bond donors (Lipinski definition) is 4. The molecule has 11 unspecified atom stereocenters. The van der Waals surface area contributed by atoms with Crippen molar-refractivity contribution in [3.05, 3.63) is 83.4 Å². The molecule has 11 heteroatoms. The van der Waals surface area contributed by atoms with Gasteiger partial charge in [-0.1, -0.05) is 108 Å². The molecular weight excluding hydrogens is 803 g/mol. The van der Waals surface area contributed by atoms with Crippen LogP contribution in [0.4, 0.5) is 0 Å². The third-order valence-corrected chi connectivity index (χ3v) is 18.7. The Bertz CT molecular complexity index is 2050. The lowest BCUT2D eigenvalue weighted by Gasteiger charge is -2.70. The lowest BCUT2D eigenvalue weighted by molar-refractivity contribution is -0.202. The first-order valence-corrected chi connectivity index (χ1v) is 24.6. The lowest BCUT2D eigenvalue weighted by Crippen LogP contribution is -2.66. The van der Waals surface area contributed by atoms with Crippen LogP contribution in [-0.4, -0.2) is 75.7 Å². The predicted molar refractivity (Wildman–Crippen MR) is 241 cm³/mol. The minimum Gasteiger partial charge on any atom is -0.481 e. The van der Waals surface area contributed by atoms with Gasteiger partial charge in [0, 0.05) is 18.0 Å². The van der Waals surface area contributed by atoms with Crippen LogP contribution < -0.4 is 0 Å². The number of carbonyl (C=O) groups excluding carboxylic acids is 1. The van der Waals surface area contributed by atoms with Gasteiger partial charge in [0.15, 0.2) is 5.78 Å². The number of ketones is 1. The standard InChI is InChI=1S/C30H46O4.C21H25NO.H2O4S/c1-25(2)21-8-11-30(7)23(28(21,5)10-9-22(25)32)20(31)16-18-19-17-27(4,24(33)34)13-12-26(19,3)14-15-29(18,30)6;1-22-18-12-13-19(22)15-20(14-18)23-21(16-8-4-2-5-9-16)17-10-6-3-7-11-17;1-5(2,3)4/h16,19,21-23,32H,8-15,17H2,1-7H3,(H,33,34);2-11,18-21H,12-15H2,1H3;(H2,1,2,3,4). The van der Waals surface area contributed by atoms with E-state index in [2.05, 4.69) is 114 Å². The molecule has 2 aromatic rings. The first-order valence-electron chi connectivity index (χ1n) is 23.2. The van der Waals surface area contributed by atoms with Crippen LogP contribution in [0.25, 0.3) is 0 Å². The number of carbonyl (C=O) groups is 2. The normalized spacial score (nSPS) is 40.8. The van der Waals surface area contributed by atoms with Crippen LogP contribution in [0.15, 0.2) is 72.3 Å². The second-order valence-electron chi connectivity index (χ2n) is 22.4. The summed E-state index contributed by atoms with van der Waals surface area (Å²) in [5.74, 6) is 0.0603. The highest BCUT2D eigenvalue weighted by molar-refractivity contribution is 7.79. The third kappa shape index (κ3) is 8.41. The van der Waals surface area contributed by atoms with E-state index in [9.17, 15) is 19.8 Å². The van der Waals surface area contributed by atoms with E-state index in [0.717, 1.165) is 51.4 Å². The molecule has 2 bridgehead atoms. The second-order valence-corrected chi connectivity index (χ2v) is 23.3. The lowest BCUT2D eigenvalue weighted by atomic mass is 9.33. The summed E-state index contributed by atoms with van der Waals surface area (Å²) in [5.41, 5.74) is 2.65. The van der Waals surface area contributed by atoms with E-state index in [4.69, 9.17) is 22.3 Å². The number of aliphatic hydroxyl groups excluding tert-OH is 1. The fourth-order valence-electron chi connectivity index (χ4n) is 14.6. The molecule has 2 heterocycles. The number of ether oxygens (including phenoxy) is 1. The van der Waals surface area contributed by atoms with E-state index < -0.39 is 21.8 Å². The van der Waals surface area contributed by atoms with Gasteiger partial charge >= 0.3 is 16.4 Å². The highest BCUT2D eigenvalue weighted by Gasteiger charge is 2.70. The van der Waals surface area contributed by atoms with Crippen molar-refractivity contribution in [2.45, 2.75) is 162 Å². The summed E-state index contributed by atoms with van der Waals surface area (Å²) < 4.78 is 38.2. The van der Waals surface area contributed by atoms with Crippen LogP contribution in [0.1, 0.15) is 149 Å². The van der Waals surface area contributed by atoms with Gasteiger partial charge in [-0.05, 0) is 154 Å². The maximum absolute atomic E-state index is 14.2. The van der Waals surface area contributed by atoms with Gasteiger partial charge in [0.2, 0.25) is 0 Å². The number of aliphatic hydroxyl groups is 1. The zero-order valence-electron chi connectivity index (χ0n) is 38.3. The van der Waals surface area contributed by atoms with Crippen molar-refractivity contribution >= 4 is 22.2 Å². The highest BCUT2D eigenvalue weighted by atomic mass is 32.3. The van der Waals surface area contributed by atoms with Crippen molar-refractivity contribution in [2.75, 3.05) is 7.05 Å². The molecule has 10 nitrogen and oxygen atoms in total. The maximum Gasteiger partial charge on any atom is 0.394 e. The maximum atomic E-state index is 14.2. The highest BCUT2D eigenvalue weighted by Crippen LogP contribution is 2.75. The van der Waals surface area contributed by atoms with E-state index in [1.165, 1.54) is 42.4 Å². The van der Waals surface area contributed by atoms with E-state index >= 15 is 0 Å². The van der Waals surface area contributed by atoms with Crippen LogP contribution in [0.2, 0.25) is 0 Å². The minimum atomic E-state index is -4.67. The Labute approximate surface area is 370 Å². The molecule has 9 rings (SSSR count). The molecule has 0 aromatic heterocycles. The Balaban J connectivity index is 0.000000178. The van der Waals surface area contributed by atoms with Gasteiger partial charge in [0.1, 0.15) is 6.10 Å². The van der Waals surface area contributed by atoms with Gasteiger partial charge in [-0.3, -0.25) is 18.7 Å². The summed E-state index contributed by atoms with van der Waals surface area (Å²) in [4.78, 5) is 29.0.